The summed E-state index contributed by atoms with van der Waals surface area (Å²) < 4.78 is 10.7. The van der Waals surface area contributed by atoms with Gasteiger partial charge in [0.05, 0.1) is 14.2 Å². The van der Waals surface area contributed by atoms with E-state index in [0.29, 0.717) is 17.9 Å². The highest BCUT2D eigenvalue weighted by Crippen LogP contribution is 2.21. The normalized spacial score (nSPS) is 10.2. The summed E-state index contributed by atoms with van der Waals surface area (Å²) in [6.45, 7) is 0.183. The molecule has 0 spiro atoms. The van der Waals surface area contributed by atoms with Crippen LogP contribution in [0.4, 0.5) is 0 Å². The summed E-state index contributed by atoms with van der Waals surface area (Å²) in [6.07, 6.45) is 0.516. The molecule has 2 aromatic rings. The average Bonchev–Trinajstić information content (AvgIpc) is 2.65. The fourth-order valence-corrected chi connectivity index (χ4v) is 2.21. The quantitative estimate of drug-likeness (QED) is 0.548. The van der Waals surface area contributed by atoms with Crippen LogP contribution in [-0.4, -0.2) is 47.5 Å². The number of para-hydroxylation sites is 2. The number of ether oxygens (including phenoxy) is 2. The molecule has 2 N–H and O–H groups in total. The molecule has 9 heteroatoms. The molecule has 0 atom stereocenters. The smallest absolute Gasteiger partial charge is 0.305 e. The van der Waals surface area contributed by atoms with Crippen LogP contribution in [0.25, 0.3) is 5.69 Å². The SMILES string of the molecule is COC(=O)CCCNC(=O)c1nn(-c2ccccc2OC)c(=O)cc1O. The Labute approximate surface area is 149 Å². The Morgan fingerprint density at radius 2 is 2.00 bits per heavy atom. The van der Waals surface area contributed by atoms with Gasteiger partial charge in [0.25, 0.3) is 11.5 Å². The van der Waals surface area contributed by atoms with Crippen molar-refractivity contribution in [2.24, 2.45) is 0 Å². The Morgan fingerprint density at radius 1 is 1.27 bits per heavy atom. The lowest BCUT2D eigenvalue weighted by molar-refractivity contribution is -0.140. The molecule has 0 aliphatic rings. The van der Waals surface area contributed by atoms with E-state index in [1.807, 2.05) is 0 Å². The van der Waals surface area contributed by atoms with Crippen LogP contribution in [0.15, 0.2) is 35.1 Å². The molecular weight excluding hydrogens is 342 g/mol. The predicted molar refractivity (Wildman–Crippen MR) is 91.6 cm³/mol. The zero-order valence-corrected chi connectivity index (χ0v) is 14.4. The summed E-state index contributed by atoms with van der Waals surface area (Å²) in [7, 11) is 2.73. The molecule has 1 aromatic carbocycles. The molecule has 26 heavy (non-hydrogen) atoms. The van der Waals surface area contributed by atoms with E-state index in [-0.39, 0.29) is 24.6 Å². The minimum atomic E-state index is -0.670. The number of benzene rings is 1. The highest BCUT2D eigenvalue weighted by atomic mass is 16.5. The summed E-state index contributed by atoms with van der Waals surface area (Å²) in [5.41, 5.74) is -0.595. The van der Waals surface area contributed by atoms with E-state index in [0.717, 1.165) is 10.7 Å². The van der Waals surface area contributed by atoms with Gasteiger partial charge in [-0.1, -0.05) is 12.1 Å². The third kappa shape index (κ3) is 4.38. The minimum Gasteiger partial charge on any atom is -0.505 e. The molecule has 0 radical (unpaired) electrons. The number of esters is 1. The Hall–Kier alpha value is -3.36. The lowest BCUT2D eigenvalue weighted by Crippen LogP contribution is -2.30. The lowest BCUT2D eigenvalue weighted by Gasteiger charge is -2.12. The van der Waals surface area contributed by atoms with Crippen molar-refractivity contribution < 1.29 is 24.2 Å². The molecule has 0 aliphatic heterocycles. The van der Waals surface area contributed by atoms with E-state index in [1.165, 1.54) is 14.2 Å². The maximum atomic E-state index is 12.2. The second kappa shape index (κ2) is 8.65. The Morgan fingerprint density at radius 3 is 2.69 bits per heavy atom. The van der Waals surface area contributed by atoms with Crippen LogP contribution in [0.1, 0.15) is 23.3 Å². The van der Waals surface area contributed by atoms with Crippen molar-refractivity contribution in [3.63, 3.8) is 0 Å². The summed E-state index contributed by atoms with van der Waals surface area (Å²) in [6, 6.07) is 7.56. The van der Waals surface area contributed by atoms with Gasteiger partial charge in [-0.3, -0.25) is 14.4 Å². The highest BCUT2D eigenvalue weighted by Gasteiger charge is 2.18. The van der Waals surface area contributed by atoms with Crippen LogP contribution in [0, 0.1) is 0 Å². The van der Waals surface area contributed by atoms with Gasteiger partial charge in [-0.2, -0.15) is 9.78 Å². The summed E-state index contributed by atoms with van der Waals surface area (Å²) in [5, 5.41) is 16.4. The van der Waals surface area contributed by atoms with Crippen LogP contribution in [0.2, 0.25) is 0 Å². The number of nitrogens with zero attached hydrogens (tertiary/aromatic N) is 2. The molecule has 0 saturated heterocycles. The Kier molecular flexibility index (Phi) is 6.31. The third-order valence-corrected chi connectivity index (χ3v) is 3.51. The van der Waals surface area contributed by atoms with Crippen LogP contribution in [0.3, 0.4) is 0 Å². The first-order valence-electron chi connectivity index (χ1n) is 7.79. The second-order valence-corrected chi connectivity index (χ2v) is 5.24. The van der Waals surface area contributed by atoms with Crippen molar-refractivity contribution in [3.05, 3.63) is 46.4 Å². The van der Waals surface area contributed by atoms with Crippen molar-refractivity contribution in [2.75, 3.05) is 20.8 Å². The number of aromatic nitrogens is 2. The summed E-state index contributed by atoms with van der Waals surface area (Å²) >= 11 is 0. The molecule has 9 nitrogen and oxygen atoms in total. The van der Waals surface area contributed by atoms with Gasteiger partial charge in [0.2, 0.25) is 0 Å². The fraction of sp³-hybridized carbons (Fsp3) is 0.294. The van der Waals surface area contributed by atoms with Crippen molar-refractivity contribution >= 4 is 11.9 Å². The van der Waals surface area contributed by atoms with E-state index in [1.54, 1.807) is 24.3 Å². The molecule has 1 heterocycles. The van der Waals surface area contributed by atoms with Crippen LogP contribution in [0.5, 0.6) is 11.5 Å². The van der Waals surface area contributed by atoms with Gasteiger partial charge < -0.3 is 19.9 Å². The van der Waals surface area contributed by atoms with Crippen LogP contribution < -0.4 is 15.6 Å². The number of carbonyl (C=O) groups excluding carboxylic acids is 2. The van der Waals surface area contributed by atoms with E-state index in [2.05, 4.69) is 15.2 Å². The van der Waals surface area contributed by atoms with E-state index < -0.39 is 17.2 Å². The summed E-state index contributed by atoms with van der Waals surface area (Å²) in [4.78, 5) is 35.4. The number of aromatic hydroxyl groups is 1. The number of hydrogen-bond donors (Lipinski definition) is 2. The Balaban J connectivity index is 2.23. The number of carbonyl (C=O) groups is 2. The van der Waals surface area contributed by atoms with Crippen molar-refractivity contribution in [3.8, 4) is 17.2 Å². The number of nitrogens with one attached hydrogen (secondary N) is 1. The molecule has 0 bridgehead atoms. The van der Waals surface area contributed by atoms with E-state index >= 15 is 0 Å². The molecular formula is C17H19N3O6. The monoisotopic (exact) mass is 361 g/mol. The number of methoxy groups -OCH3 is 2. The standard InChI is InChI=1S/C17H19N3O6/c1-25-13-7-4-3-6-11(13)20-14(22)10-12(21)16(19-20)17(24)18-9-5-8-15(23)26-2/h3-4,6-7,10,21H,5,8-9H2,1-2H3,(H,18,24). The zero-order valence-electron chi connectivity index (χ0n) is 14.4. The van der Waals surface area contributed by atoms with Gasteiger partial charge in [-0.25, -0.2) is 0 Å². The molecule has 0 aliphatic carbocycles. The maximum Gasteiger partial charge on any atom is 0.305 e. The van der Waals surface area contributed by atoms with Crippen molar-refractivity contribution in [1.82, 2.24) is 15.1 Å². The topological polar surface area (TPSA) is 120 Å². The molecule has 1 aromatic heterocycles. The first-order valence-corrected chi connectivity index (χ1v) is 7.79. The van der Waals surface area contributed by atoms with E-state index in [4.69, 9.17) is 4.74 Å². The predicted octanol–water partition coefficient (Wildman–Crippen LogP) is 0.630. The third-order valence-electron chi connectivity index (χ3n) is 3.51. The van der Waals surface area contributed by atoms with Crippen LogP contribution >= 0.6 is 0 Å². The van der Waals surface area contributed by atoms with Gasteiger partial charge in [0.15, 0.2) is 11.4 Å². The van der Waals surface area contributed by atoms with Gasteiger partial charge >= 0.3 is 5.97 Å². The second-order valence-electron chi connectivity index (χ2n) is 5.24. The van der Waals surface area contributed by atoms with Crippen LogP contribution in [-0.2, 0) is 9.53 Å². The Bertz CT molecular complexity index is 862. The number of hydrogen-bond acceptors (Lipinski definition) is 7. The molecule has 2 rings (SSSR count). The van der Waals surface area contributed by atoms with E-state index in [9.17, 15) is 19.5 Å². The zero-order chi connectivity index (χ0) is 19.1. The van der Waals surface area contributed by atoms with Crippen molar-refractivity contribution in [1.29, 1.82) is 0 Å². The molecule has 1 amide bonds. The molecule has 0 fully saturated rings. The van der Waals surface area contributed by atoms with Gasteiger partial charge in [0, 0.05) is 19.0 Å². The van der Waals surface area contributed by atoms with Gasteiger partial charge in [0.1, 0.15) is 11.4 Å². The lowest BCUT2D eigenvalue weighted by atomic mass is 10.2. The maximum absolute atomic E-state index is 12.2. The highest BCUT2D eigenvalue weighted by molar-refractivity contribution is 5.94. The average molecular weight is 361 g/mol. The molecule has 138 valence electrons. The first-order chi connectivity index (χ1) is 12.5. The fourth-order valence-electron chi connectivity index (χ4n) is 2.21. The van der Waals surface area contributed by atoms with Gasteiger partial charge in [-0.05, 0) is 18.6 Å². The first kappa shape index (κ1) is 19.0. The molecule has 0 unspecified atom stereocenters. The van der Waals surface area contributed by atoms with Crippen molar-refractivity contribution in [2.45, 2.75) is 12.8 Å². The molecule has 0 saturated carbocycles. The summed E-state index contributed by atoms with van der Waals surface area (Å²) in [5.74, 6) is -1.20. The number of rotatable bonds is 7. The number of amides is 1. The largest absolute Gasteiger partial charge is 0.505 e. The minimum absolute atomic E-state index is 0.150. The van der Waals surface area contributed by atoms with Gasteiger partial charge in [-0.15, -0.1) is 0 Å².